The van der Waals surface area contributed by atoms with Crippen molar-refractivity contribution in [2.45, 2.75) is 44.2 Å². The van der Waals surface area contributed by atoms with Crippen LogP contribution in [0.4, 0.5) is 0 Å². The molecule has 0 aromatic rings. The van der Waals surface area contributed by atoms with Crippen LogP contribution in [0.15, 0.2) is 11.6 Å². The van der Waals surface area contributed by atoms with Gasteiger partial charge in [0.05, 0.1) is 17.6 Å². The van der Waals surface area contributed by atoms with Crippen LogP contribution in [0.3, 0.4) is 0 Å². The van der Waals surface area contributed by atoms with Crippen molar-refractivity contribution in [2.24, 2.45) is 0 Å². The maximum Gasteiger partial charge on any atom is 0.154 e. The Balaban J connectivity index is 1.74. The monoisotopic (exact) mass is 259 g/mol. The van der Waals surface area contributed by atoms with E-state index in [9.17, 15) is 13.5 Å². The van der Waals surface area contributed by atoms with Crippen LogP contribution in [0.2, 0.25) is 0 Å². The van der Waals surface area contributed by atoms with Crippen LogP contribution in [-0.4, -0.2) is 43.7 Å². The molecule has 17 heavy (non-hydrogen) atoms. The van der Waals surface area contributed by atoms with Gasteiger partial charge in [0, 0.05) is 6.04 Å². The number of hydrogen-bond donors (Lipinski definition) is 2. The molecule has 0 saturated carbocycles. The SMILES string of the molecule is O=S1(=O)C[C@@H](O)[C@H](NCCC2=CCCCC2)C1. The Hall–Kier alpha value is -0.390. The number of nitrogens with one attached hydrogen (secondary N) is 1. The summed E-state index contributed by atoms with van der Waals surface area (Å²) in [7, 11) is -3.03. The molecule has 0 radical (unpaired) electrons. The van der Waals surface area contributed by atoms with Gasteiger partial charge in [-0.1, -0.05) is 11.6 Å². The number of hydrogen-bond acceptors (Lipinski definition) is 4. The highest BCUT2D eigenvalue weighted by Crippen LogP contribution is 2.20. The van der Waals surface area contributed by atoms with Crippen molar-refractivity contribution in [3.05, 3.63) is 11.6 Å². The molecule has 0 aromatic heterocycles. The number of allylic oxidation sites excluding steroid dienone is 1. The molecule has 5 heteroatoms. The zero-order chi connectivity index (χ0) is 12.3. The average molecular weight is 259 g/mol. The van der Waals surface area contributed by atoms with E-state index in [0.29, 0.717) is 0 Å². The van der Waals surface area contributed by atoms with Gasteiger partial charge < -0.3 is 10.4 Å². The molecule has 0 bridgehead atoms. The molecule has 0 unspecified atom stereocenters. The molecule has 1 aliphatic heterocycles. The van der Waals surface area contributed by atoms with E-state index in [1.807, 2.05) is 0 Å². The van der Waals surface area contributed by atoms with E-state index in [0.717, 1.165) is 13.0 Å². The lowest BCUT2D eigenvalue weighted by Gasteiger charge is -2.17. The normalized spacial score (nSPS) is 32.4. The van der Waals surface area contributed by atoms with Crippen LogP contribution < -0.4 is 5.32 Å². The third kappa shape index (κ3) is 3.79. The summed E-state index contributed by atoms with van der Waals surface area (Å²) in [5.41, 5.74) is 1.47. The highest BCUT2D eigenvalue weighted by Gasteiger charge is 2.35. The molecule has 0 spiro atoms. The Morgan fingerprint density at radius 3 is 2.76 bits per heavy atom. The summed E-state index contributed by atoms with van der Waals surface area (Å²) >= 11 is 0. The van der Waals surface area contributed by atoms with Gasteiger partial charge in [0.2, 0.25) is 0 Å². The minimum Gasteiger partial charge on any atom is -0.390 e. The van der Waals surface area contributed by atoms with Gasteiger partial charge in [-0.25, -0.2) is 8.42 Å². The largest absolute Gasteiger partial charge is 0.390 e. The summed E-state index contributed by atoms with van der Waals surface area (Å²) in [6.07, 6.45) is 7.45. The number of rotatable bonds is 4. The Morgan fingerprint density at radius 2 is 2.18 bits per heavy atom. The van der Waals surface area contributed by atoms with E-state index in [1.54, 1.807) is 0 Å². The quantitative estimate of drug-likeness (QED) is 0.727. The molecule has 2 atom stereocenters. The molecule has 1 saturated heterocycles. The lowest BCUT2D eigenvalue weighted by Crippen LogP contribution is -2.39. The van der Waals surface area contributed by atoms with E-state index >= 15 is 0 Å². The molecule has 0 amide bonds. The highest BCUT2D eigenvalue weighted by atomic mass is 32.2. The average Bonchev–Trinajstić information content (AvgIpc) is 2.53. The first kappa shape index (κ1) is 13.1. The fraction of sp³-hybridized carbons (Fsp3) is 0.833. The third-order valence-electron chi connectivity index (χ3n) is 3.56. The summed E-state index contributed by atoms with van der Waals surface area (Å²) in [5.74, 6) is -0.0133. The van der Waals surface area contributed by atoms with Crippen molar-refractivity contribution in [1.82, 2.24) is 5.32 Å². The Morgan fingerprint density at radius 1 is 1.35 bits per heavy atom. The van der Waals surface area contributed by atoms with Gasteiger partial charge in [0.25, 0.3) is 0 Å². The Kier molecular flexibility index (Phi) is 4.22. The fourth-order valence-electron chi connectivity index (χ4n) is 2.57. The van der Waals surface area contributed by atoms with Crippen LogP contribution >= 0.6 is 0 Å². The van der Waals surface area contributed by atoms with Crippen LogP contribution in [0.1, 0.15) is 32.1 Å². The van der Waals surface area contributed by atoms with E-state index in [4.69, 9.17) is 0 Å². The lowest BCUT2D eigenvalue weighted by molar-refractivity contribution is 0.166. The van der Waals surface area contributed by atoms with Crippen molar-refractivity contribution >= 4 is 9.84 Å². The number of aliphatic hydroxyl groups excluding tert-OH is 1. The summed E-state index contributed by atoms with van der Waals surface area (Å²) in [5, 5.41) is 12.8. The van der Waals surface area contributed by atoms with Gasteiger partial charge in [0.1, 0.15) is 0 Å². The smallest absolute Gasteiger partial charge is 0.154 e. The molecule has 1 heterocycles. The molecule has 98 valence electrons. The van der Waals surface area contributed by atoms with Crippen molar-refractivity contribution in [1.29, 1.82) is 0 Å². The second-order valence-electron chi connectivity index (χ2n) is 5.06. The van der Waals surface area contributed by atoms with E-state index in [1.165, 1.54) is 31.3 Å². The molecule has 2 rings (SSSR count). The van der Waals surface area contributed by atoms with E-state index < -0.39 is 15.9 Å². The predicted octanol–water partition coefficient (Wildman–Crippen LogP) is 0.624. The summed E-state index contributed by atoms with van der Waals surface area (Å²) in [4.78, 5) is 0. The van der Waals surface area contributed by atoms with E-state index in [2.05, 4.69) is 11.4 Å². The third-order valence-corrected chi connectivity index (χ3v) is 5.28. The summed E-state index contributed by atoms with van der Waals surface area (Å²) < 4.78 is 22.6. The minimum atomic E-state index is -3.03. The Bertz CT molecular complexity index is 389. The lowest BCUT2D eigenvalue weighted by atomic mass is 9.97. The zero-order valence-corrected chi connectivity index (χ0v) is 10.9. The summed E-state index contributed by atoms with van der Waals surface area (Å²) in [6.45, 7) is 0.767. The van der Waals surface area contributed by atoms with Crippen LogP contribution in [0.25, 0.3) is 0 Å². The topological polar surface area (TPSA) is 66.4 Å². The van der Waals surface area contributed by atoms with Crippen molar-refractivity contribution in [3.63, 3.8) is 0 Å². The number of sulfone groups is 1. The first-order valence-electron chi connectivity index (χ1n) is 6.36. The minimum absolute atomic E-state index is 0.0766. The molecule has 2 N–H and O–H groups in total. The molecule has 1 aliphatic carbocycles. The van der Waals surface area contributed by atoms with Crippen molar-refractivity contribution in [3.8, 4) is 0 Å². The molecule has 4 nitrogen and oxygen atoms in total. The second-order valence-corrected chi connectivity index (χ2v) is 7.22. The highest BCUT2D eigenvalue weighted by molar-refractivity contribution is 7.91. The molecule has 2 aliphatic rings. The van der Waals surface area contributed by atoms with Crippen molar-refractivity contribution in [2.75, 3.05) is 18.1 Å². The molecular weight excluding hydrogens is 238 g/mol. The molecular formula is C12H21NO3S. The Labute approximate surface area is 103 Å². The molecule has 0 aromatic carbocycles. The van der Waals surface area contributed by atoms with Crippen LogP contribution in [0.5, 0.6) is 0 Å². The van der Waals surface area contributed by atoms with Gasteiger partial charge in [-0.3, -0.25) is 0 Å². The zero-order valence-electron chi connectivity index (χ0n) is 10.1. The first-order valence-corrected chi connectivity index (χ1v) is 8.19. The van der Waals surface area contributed by atoms with Crippen LogP contribution in [0, 0.1) is 0 Å². The predicted molar refractivity (Wildman–Crippen MR) is 67.6 cm³/mol. The van der Waals surface area contributed by atoms with Gasteiger partial charge in [-0.2, -0.15) is 0 Å². The van der Waals surface area contributed by atoms with E-state index in [-0.39, 0.29) is 17.5 Å². The summed E-state index contributed by atoms with van der Waals surface area (Å²) in [6, 6.07) is -0.274. The van der Waals surface area contributed by atoms with Gasteiger partial charge >= 0.3 is 0 Å². The van der Waals surface area contributed by atoms with Gasteiger partial charge in [-0.05, 0) is 38.6 Å². The van der Waals surface area contributed by atoms with Gasteiger partial charge in [0.15, 0.2) is 9.84 Å². The molecule has 1 fully saturated rings. The number of aliphatic hydroxyl groups is 1. The van der Waals surface area contributed by atoms with Crippen LogP contribution in [-0.2, 0) is 9.84 Å². The van der Waals surface area contributed by atoms with Crippen molar-refractivity contribution < 1.29 is 13.5 Å². The maximum absolute atomic E-state index is 11.3. The van der Waals surface area contributed by atoms with Gasteiger partial charge in [-0.15, -0.1) is 0 Å². The second kappa shape index (κ2) is 5.50. The first-order chi connectivity index (χ1) is 8.07. The standard InChI is InChI=1S/C12H21NO3S/c14-12-9-17(15,16)8-11(12)13-7-6-10-4-2-1-3-5-10/h4,11-14H,1-3,5-9H2/t11-,12-/m1/s1. The fourth-order valence-corrected chi connectivity index (χ4v) is 4.35. The maximum atomic E-state index is 11.3.